The number of nitrogens with zero attached hydrogens (tertiary/aromatic N) is 3. The van der Waals surface area contributed by atoms with E-state index in [1.807, 2.05) is 57.3 Å². The van der Waals surface area contributed by atoms with Gasteiger partial charge in [-0.25, -0.2) is 0 Å². The van der Waals surface area contributed by atoms with Crippen molar-refractivity contribution in [3.63, 3.8) is 0 Å². The number of amides is 1. The van der Waals surface area contributed by atoms with Crippen molar-refractivity contribution >= 4 is 11.7 Å². The minimum Gasteiger partial charge on any atom is -0.318 e. The van der Waals surface area contributed by atoms with Crippen LogP contribution in [-0.2, 0) is 7.05 Å². The average molecular weight is 294 g/mol. The molecule has 3 aromatic rings. The number of aryl methyl sites for hydroxylation is 2. The van der Waals surface area contributed by atoms with Gasteiger partial charge in [-0.15, -0.1) is 0 Å². The number of anilines is 1. The summed E-state index contributed by atoms with van der Waals surface area (Å²) in [5.74, 6) is 0.408. The van der Waals surface area contributed by atoms with Gasteiger partial charge in [-0.05, 0) is 32.0 Å². The number of para-hydroxylation sites is 1. The molecule has 2 aromatic heterocycles. The van der Waals surface area contributed by atoms with Crippen molar-refractivity contribution in [2.75, 3.05) is 5.32 Å². The molecular formula is C17H18N4O. The number of carbonyl (C=O) groups is 1. The van der Waals surface area contributed by atoms with Crippen LogP contribution in [0, 0.1) is 13.8 Å². The lowest BCUT2D eigenvalue weighted by Crippen LogP contribution is -2.13. The fourth-order valence-corrected chi connectivity index (χ4v) is 2.63. The molecule has 0 unspecified atom stereocenters. The highest BCUT2D eigenvalue weighted by Crippen LogP contribution is 2.21. The fourth-order valence-electron chi connectivity index (χ4n) is 2.63. The third kappa shape index (κ3) is 2.53. The van der Waals surface area contributed by atoms with Gasteiger partial charge in [-0.2, -0.15) is 5.10 Å². The quantitative estimate of drug-likeness (QED) is 0.807. The van der Waals surface area contributed by atoms with E-state index in [1.54, 1.807) is 16.9 Å². The highest BCUT2D eigenvalue weighted by molar-refractivity contribution is 6.04. The Bertz CT molecular complexity index is 815. The van der Waals surface area contributed by atoms with E-state index in [0.717, 1.165) is 17.1 Å². The predicted molar refractivity (Wildman–Crippen MR) is 86.4 cm³/mol. The molecule has 0 spiro atoms. The maximum absolute atomic E-state index is 12.5. The van der Waals surface area contributed by atoms with E-state index < -0.39 is 0 Å². The molecule has 0 bridgehead atoms. The van der Waals surface area contributed by atoms with E-state index in [-0.39, 0.29) is 5.91 Å². The molecule has 0 aliphatic carbocycles. The van der Waals surface area contributed by atoms with Gasteiger partial charge in [-0.1, -0.05) is 18.2 Å². The zero-order valence-corrected chi connectivity index (χ0v) is 12.9. The second kappa shape index (κ2) is 5.52. The number of hydrogen-bond donors (Lipinski definition) is 1. The summed E-state index contributed by atoms with van der Waals surface area (Å²) in [5.41, 5.74) is 3.65. The fraction of sp³-hybridized carbons (Fsp3) is 0.176. The molecule has 112 valence electrons. The van der Waals surface area contributed by atoms with Crippen LogP contribution in [0.2, 0.25) is 0 Å². The monoisotopic (exact) mass is 294 g/mol. The molecule has 0 fully saturated rings. The zero-order chi connectivity index (χ0) is 15.7. The molecule has 0 atom stereocenters. The molecule has 0 aliphatic heterocycles. The Labute approximate surface area is 129 Å². The van der Waals surface area contributed by atoms with Crippen LogP contribution in [0.4, 0.5) is 5.82 Å². The summed E-state index contributed by atoms with van der Waals surface area (Å²) in [6.07, 6.45) is 1.79. The van der Waals surface area contributed by atoms with Crippen LogP contribution in [0.1, 0.15) is 21.7 Å². The van der Waals surface area contributed by atoms with Gasteiger partial charge >= 0.3 is 0 Å². The van der Waals surface area contributed by atoms with Gasteiger partial charge in [0.25, 0.3) is 5.91 Å². The van der Waals surface area contributed by atoms with Gasteiger partial charge in [0, 0.05) is 36.4 Å². The first kappa shape index (κ1) is 14.1. The third-order valence-corrected chi connectivity index (χ3v) is 3.65. The Morgan fingerprint density at radius 2 is 1.86 bits per heavy atom. The van der Waals surface area contributed by atoms with Gasteiger partial charge in [0.15, 0.2) is 5.82 Å². The van der Waals surface area contributed by atoms with Crippen LogP contribution in [0.3, 0.4) is 0 Å². The lowest BCUT2D eigenvalue weighted by atomic mass is 10.2. The number of rotatable bonds is 3. The molecule has 22 heavy (non-hydrogen) atoms. The van der Waals surface area contributed by atoms with E-state index >= 15 is 0 Å². The normalized spacial score (nSPS) is 10.7. The van der Waals surface area contributed by atoms with Gasteiger partial charge in [0.05, 0.1) is 5.56 Å². The van der Waals surface area contributed by atoms with E-state index in [1.165, 1.54) is 0 Å². The number of nitrogens with one attached hydrogen (secondary N) is 1. The molecule has 2 heterocycles. The first-order chi connectivity index (χ1) is 10.6. The summed E-state index contributed by atoms with van der Waals surface area (Å²) >= 11 is 0. The van der Waals surface area contributed by atoms with Crippen LogP contribution >= 0.6 is 0 Å². The van der Waals surface area contributed by atoms with Crippen molar-refractivity contribution in [1.29, 1.82) is 0 Å². The lowest BCUT2D eigenvalue weighted by molar-refractivity contribution is 0.102. The summed E-state index contributed by atoms with van der Waals surface area (Å²) in [6, 6.07) is 13.7. The maximum atomic E-state index is 12.5. The molecule has 1 N–H and O–H groups in total. The lowest BCUT2D eigenvalue weighted by Gasteiger charge is -2.09. The molecule has 1 amide bonds. The molecule has 5 heteroatoms. The first-order valence-corrected chi connectivity index (χ1v) is 7.11. The molecular weight excluding hydrogens is 276 g/mol. The number of benzene rings is 1. The van der Waals surface area contributed by atoms with Crippen molar-refractivity contribution in [3.05, 3.63) is 65.6 Å². The van der Waals surface area contributed by atoms with Crippen LogP contribution in [0.25, 0.3) is 5.69 Å². The topological polar surface area (TPSA) is 51.9 Å². The summed E-state index contributed by atoms with van der Waals surface area (Å²) < 4.78 is 3.73. The van der Waals surface area contributed by atoms with E-state index in [4.69, 9.17) is 0 Å². The maximum Gasteiger partial charge on any atom is 0.258 e. The van der Waals surface area contributed by atoms with Gasteiger partial charge < -0.3 is 9.88 Å². The van der Waals surface area contributed by atoms with Crippen LogP contribution < -0.4 is 5.32 Å². The van der Waals surface area contributed by atoms with Gasteiger partial charge in [-0.3, -0.25) is 9.48 Å². The zero-order valence-electron chi connectivity index (χ0n) is 12.9. The van der Waals surface area contributed by atoms with Crippen LogP contribution in [0.15, 0.2) is 48.7 Å². The Morgan fingerprint density at radius 1 is 1.14 bits per heavy atom. The predicted octanol–water partition coefficient (Wildman–Crippen LogP) is 3.08. The number of aromatic nitrogens is 3. The standard InChI is InChI=1S/C17H18N4O/c1-12-11-15(17(22)18-16-9-10-20(3)19-16)13(2)21(12)14-7-5-4-6-8-14/h4-11H,1-3H3,(H,18,19,22). The van der Waals surface area contributed by atoms with E-state index in [0.29, 0.717) is 11.4 Å². The highest BCUT2D eigenvalue weighted by Gasteiger charge is 2.17. The second-order valence-electron chi connectivity index (χ2n) is 5.28. The summed E-state index contributed by atoms with van der Waals surface area (Å²) in [4.78, 5) is 12.5. The third-order valence-electron chi connectivity index (χ3n) is 3.65. The number of hydrogen-bond acceptors (Lipinski definition) is 2. The SMILES string of the molecule is Cc1cc(C(=O)Nc2ccn(C)n2)c(C)n1-c1ccccc1. The summed E-state index contributed by atoms with van der Waals surface area (Å²) in [5, 5.41) is 7.00. The Morgan fingerprint density at radius 3 is 2.50 bits per heavy atom. The summed E-state index contributed by atoms with van der Waals surface area (Å²) in [6.45, 7) is 3.95. The minimum atomic E-state index is -0.144. The largest absolute Gasteiger partial charge is 0.318 e. The molecule has 0 aliphatic rings. The highest BCUT2D eigenvalue weighted by atomic mass is 16.1. The van der Waals surface area contributed by atoms with Crippen LogP contribution in [0.5, 0.6) is 0 Å². The van der Waals surface area contributed by atoms with Crippen molar-refractivity contribution in [2.45, 2.75) is 13.8 Å². The molecule has 0 radical (unpaired) electrons. The average Bonchev–Trinajstić information content (AvgIpc) is 3.03. The van der Waals surface area contributed by atoms with Crippen molar-refractivity contribution in [3.8, 4) is 5.69 Å². The molecule has 3 rings (SSSR count). The Kier molecular flexibility index (Phi) is 3.55. The van der Waals surface area contributed by atoms with Gasteiger partial charge in [0.1, 0.15) is 0 Å². The van der Waals surface area contributed by atoms with E-state index in [9.17, 15) is 4.79 Å². The molecule has 0 saturated carbocycles. The second-order valence-corrected chi connectivity index (χ2v) is 5.28. The molecule has 1 aromatic carbocycles. The number of carbonyl (C=O) groups excluding carboxylic acids is 1. The minimum absolute atomic E-state index is 0.144. The molecule has 0 saturated heterocycles. The molecule has 5 nitrogen and oxygen atoms in total. The van der Waals surface area contributed by atoms with Crippen molar-refractivity contribution < 1.29 is 4.79 Å². The van der Waals surface area contributed by atoms with E-state index in [2.05, 4.69) is 15.0 Å². The van der Waals surface area contributed by atoms with Crippen molar-refractivity contribution in [1.82, 2.24) is 14.3 Å². The summed E-state index contributed by atoms with van der Waals surface area (Å²) in [7, 11) is 1.82. The smallest absolute Gasteiger partial charge is 0.258 e. The van der Waals surface area contributed by atoms with Gasteiger partial charge in [0.2, 0.25) is 0 Å². The first-order valence-electron chi connectivity index (χ1n) is 7.11. The Hall–Kier alpha value is -2.82. The van der Waals surface area contributed by atoms with Crippen LogP contribution in [-0.4, -0.2) is 20.3 Å². The van der Waals surface area contributed by atoms with Crippen molar-refractivity contribution in [2.24, 2.45) is 7.05 Å². The Balaban J connectivity index is 1.94.